The first-order valence-corrected chi connectivity index (χ1v) is 9.34. The lowest BCUT2D eigenvalue weighted by molar-refractivity contribution is 0.0995. The molecule has 1 aliphatic rings. The van der Waals surface area contributed by atoms with Gasteiger partial charge in [-0.2, -0.15) is 0 Å². The van der Waals surface area contributed by atoms with Gasteiger partial charge in [-0.25, -0.2) is 19.3 Å². The van der Waals surface area contributed by atoms with Crippen molar-refractivity contribution >= 4 is 44.9 Å². The number of hydrogen-bond acceptors (Lipinski definition) is 6. The van der Waals surface area contributed by atoms with E-state index in [0.29, 0.717) is 17.3 Å². The Balaban J connectivity index is 1.51. The number of nitrogens with two attached hydrogens (primary N) is 1. The average Bonchev–Trinajstić information content (AvgIpc) is 3.04. The number of anilines is 1. The third kappa shape index (κ3) is 3.34. The Hall–Kier alpha value is -2.32. The van der Waals surface area contributed by atoms with E-state index < -0.39 is 5.91 Å². The van der Waals surface area contributed by atoms with Crippen molar-refractivity contribution in [3.8, 4) is 0 Å². The summed E-state index contributed by atoms with van der Waals surface area (Å²) in [5.74, 6) is 0.0189. The van der Waals surface area contributed by atoms with Crippen molar-refractivity contribution in [1.29, 1.82) is 0 Å². The average molecular weight is 392 g/mol. The molecule has 0 spiro atoms. The number of halogens is 2. The Morgan fingerprint density at radius 1 is 1.23 bits per heavy atom. The molecule has 3 aromatic rings. The van der Waals surface area contributed by atoms with Crippen LogP contribution < -0.4 is 10.6 Å². The van der Waals surface area contributed by atoms with E-state index in [1.165, 1.54) is 12.1 Å². The zero-order valence-corrected chi connectivity index (χ0v) is 15.2. The van der Waals surface area contributed by atoms with E-state index in [0.717, 1.165) is 35.6 Å². The maximum absolute atomic E-state index is 13.4. The van der Waals surface area contributed by atoms with Crippen molar-refractivity contribution in [1.82, 2.24) is 15.0 Å². The fourth-order valence-corrected chi connectivity index (χ4v) is 4.44. The summed E-state index contributed by atoms with van der Waals surface area (Å²) >= 11 is 7.51. The maximum Gasteiger partial charge on any atom is 0.267 e. The maximum atomic E-state index is 13.4. The number of primary amides is 1. The topological polar surface area (TPSA) is 85.0 Å². The summed E-state index contributed by atoms with van der Waals surface area (Å²) in [6.45, 7) is 1.50. The Kier molecular flexibility index (Phi) is 4.46. The number of aromatic nitrogens is 3. The Morgan fingerprint density at radius 2 is 2.00 bits per heavy atom. The largest absolute Gasteiger partial charge is 0.364 e. The molecule has 0 unspecified atom stereocenters. The van der Waals surface area contributed by atoms with Crippen molar-refractivity contribution < 1.29 is 9.18 Å². The number of amides is 1. The first-order valence-electron chi connectivity index (χ1n) is 8.15. The second-order valence-corrected chi connectivity index (χ2v) is 7.57. The van der Waals surface area contributed by atoms with E-state index in [4.69, 9.17) is 17.3 Å². The number of hydrogen-bond donors (Lipinski definition) is 1. The Labute approximate surface area is 157 Å². The summed E-state index contributed by atoms with van der Waals surface area (Å²) in [6, 6.07) is 6.27. The van der Waals surface area contributed by atoms with Crippen molar-refractivity contribution in [2.45, 2.75) is 18.8 Å². The molecule has 134 valence electrons. The van der Waals surface area contributed by atoms with E-state index in [-0.39, 0.29) is 16.8 Å². The van der Waals surface area contributed by atoms with Gasteiger partial charge in [0.1, 0.15) is 17.3 Å². The molecular weight excluding hydrogens is 377 g/mol. The van der Waals surface area contributed by atoms with Crippen molar-refractivity contribution in [2.24, 2.45) is 5.73 Å². The lowest BCUT2D eigenvalue weighted by Crippen LogP contribution is -2.34. The van der Waals surface area contributed by atoms with Gasteiger partial charge in [0.25, 0.3) is 5.91 Å². The van der Waals surface area contributed by atoms with E-state index >= 15 is 0 Å². The SMILES string of the molecule is NC(=O)c1cc(N2CCC(c3nc4cc(F)ccc4s3)CC2)nc(Cl)n1. The van der Waals surface area contributed by atoms with Crippen LogP contribution >= 0.6 is 22.9 Å². The monoisotopic (exact) mass is 391 g/mol. The van der Waals surface area contributed by atoms with Gasteiger partial charge in [0.2, 0.25) is 5.28 Å². The van der Waals surface area contributed by atoms with E-state index in [2.05, 4.69) is 19.9 Å². The van der Waals surface area contributed by atoms with E-state index in [1.54, 1.807) is 23.5 Å². The minimum absolute atomic E-state index is 0.00613. The van der Waals surface area contributed by atoms with Gasteiger partial charge in [-0.3, -0.25) is 4.79 Å². The summed E-state index contributed by atoms with van der Waals surface area (Å²) in [5.41, 5.74) is 6.10. The van der Waals surface area contributed by atoms with Crippen LogP contribution in [0, 0.1) is 5.82 Å². The summed E-state index contributed by atoms with van der Waals surface area (Å²) < 4.78 is 14.3. The second-order valence-electron chi connectivity index (χ2n) is 6.17. The molecule has 1 saturated heterocycles. The smallest absolute Gasteiger partial charge is 0.267 e. The van der Waals surface area contributed by atoms with Crippen LogP contribution in [0.3, 0.4) is 0 Å². The first-order chi connectivity index (χ1) is 12.5. The first kappa shape index (κ1) is 17.1. The zero-order chi connectivity index (χ0) is 18.3. The van der Waals surface area contributed by atoms with Gasteiger partial charge >= 0.3 is 0 Å². The minimum atomic E-state index is -0.632. The highest BCUT2D eigenvalue weighted by molar-refractivity contribution is 7.18. The Bertz CT molecular complexity index is 986. The number of carbonyl (C=O) groups excluding carboxylic acids is 1. The standard InChI is InChI=1S/C17H15ClFN5OS/c18-17-22-12(15(20)25)8-14(23-17)24-5-3-9(4-6-24)16-21-11-7-10(19)1-2-13(11)26-16/h1-2,7-9H,3-6H2,(H2,20,25). The zero-order valence-electron chi connectivity index (χ0n) is 13.7. The van der Waals surface area contributed by atoms with Crippen molar-refractivity contribution in [3.63, 3.8) is 0 Å². The molecule has 1 amide bonds. The van der Waals surface area contributed by atoms with Gasteiger partial charge in [-0.1, -0.05) is 0 Å². The van der Waals surface area contributed by atoms with Crippen molar-refractivity contribution in [2.75, 3.05) is 18.0 Å². The predicted molar refractivity (Wildman–Crippen MR) is 99.3 cm³/mol. The third-order valence-corrected chi connectivity index (χ3v) is 5.84. The van der Waals surface area contributed by atoms with Gasteiger partial charge in [0, 0.05) is 31.1 Å². The van der Waals surface area contributed by atoms with E-state index in [9.17, 15) is 9.18 Å². The van der Waals surface area contributed by atoms with Gasteiger partial charge < -0.3 is 10.6 Å². The third-order valence-electron chi connectivity index (χ3n) is 4.47. The molecule has 9 heteroatoms. The molecule has 0 bridgehead atoms. The number of fused-ring (bicyclic) bond motifs is 1. The number of carbonyl (C=O) groups is 1. The lowest BCUT2D eigenvalue weighted by atomic mass is 9.97. The van der Waals surface area contributed by atoms with Crippen LogP contribution in [0.5, 0.6) is 0 Å². The molecule has 0 saturated carbocycles. The van der Waals surface area contributed by atoms with E-state index in [1.807, 2.05) is 0 Å². The number of benzene rings is 1. The number of thiazole rings is 1. The molecular formula is C17H15ClFN5OS. The van der Waals surface area contributed by atoms with Gasteiger partial charge in [0.05, 0.1) is 15.2 Å². The van der Waals surface area contributed by atoms with Crippen LogP contribution in [0.1, 0.15) is 34.3 Å². The molecule has 6 nitrogen and oxygen atoms in total. The summed E-state index contributed by atoms with van der Waals surface area (Å²) in [7, 11) is 0. The fraction of sp³-hybridized carbons (Fsp3) is 0.294. The van der Waals surface area contributed by atoms with Crippen LogP contribution in [0.4, 0.5) is 10.2 Å². The van der Waals surface area contributed by atoms with Crippen molar-refractivity contribution in [3.05, 3.63) is 46.1 Å². The molecule has 4 rings (SSSR count). The predicted octanol–water partition coefficient (Wildman–Crippen LogP) is 3.36. The molecule has 1 aromatic carbocycles. The van der Waals surface area contributed by atoms with Crippen LogP contribution in [-0.4, -0.2) is 33.9 Å². The van der Waals surface area contributed by atoms with Crippen LogP contribution in [0.2, 0.25) is 5.28 Å². The second kappa shape index (κ2) is 6.77. The summed E-state index contributed by atoms with van der Waals surface area (Å²) in [4.78, 5) is 26.0. The van der Waals surface area contributed by atoms with Gasteiger partial charge in [0.15, 0.2) is 0 Å². The molecule has 2 aromatic heterocycles. The highest BCUT2D eigenvalue weighted by Crippen LogP contribution is 2.35. The van der Waals surface area contributed by atoms with Crippen LogP contribution in [0.15, 0.2) is 24.3 Å². The highest BCUT2D eigenvalue weighted by Gasteiger charge is 2.25. The molecule has 3 heterocycles. The highest BCUT2D eigenvalue weighted by atomic mass is 35.5. The molecule has 26 heavy (non-hydrogen) atoms. The normalized spacial score (nSPS) is 15.5. The quantitative estimate of drug-likeness (QED) is 0.692. The minimum Gasteiger partial charge on any atom is -0.364 e. The number of rotatable bonds is 3. The number of piperidine rings is 1. The van der Waals surface area contributed by atoms with Gasteiger partial charge in [-0.15, -0.1) is 11.3 Å². The summed E-state index contributed by atoms with van der Waals surface area (Å²) in [5, 5.41) is 1.04. The fourth-order valence-electron chi connectivity index (χ4n) is 3.14. The number of nitrogens with zero attached hydrogens (tertiary/aromatic N) is 4. The molecule has 0 radical (unpaired) electrons. The van der Waals surface area contributed by atoms with Gasteiger partial charge in [-0.05, 0) is 36.6 Å². The summed E-state index contributed by atoms with van der Waals surface area (Å²) in [6.07, 6.45) is 1.77. The molecule has 1 fully saturated rings. The molecule has 0 atom stereocenters. The van der Waals surface area contributed by atoms with Crippen LogP contribution in [-0.2, 0) is 0 Å². The molecule has 1 aliphatic heterocycles. The Morgan fingerprint density at radius 3 is 2.73 bits per heavy atom. The van der Waals surface area contributed by atoms with Crippen LogP contribution in [0.25, 0.3) is 10.2 Å². The lowest BCUT2D eigenvalue weighted by Gasteiger charge is -2.32. The molecule has 0 aliphatic carbocycles. The molecule has 2 N–H and O–H groups in total.